The van der Waals surface area contributed by atoms with E-state index in [1.807, 2.05) is 48.5 Å². The van der Waals surface area contributed by atoms with E-state index < -0.39 is 0 Å². The van der Waals surface area contributed by atoms with E-state index in [0.717, 1.165) is 49.7 Å². The second kappa shape index (κ2) is 7.01. The Kier molecular flexibility index (Phi) is 3.84. The number of aromatic nitrogens is 2. The van der Waals surface area contributed by atoms with E-state index in [1.54, 1.807) is 0 Å². The SMILES string of the molecule is c1ccc(-c2nc(-c3ccc4oc5cc6ccccc6cc5c4c3)nc3ccccc23)cc1. The predicted octanol–water partition coefficient (Wildman–Crippen LogP) is 8.02. The highest BCUT2D eigenvalue weighted by Crippen LogP contribution is 2.35. The number of furan rings is 1. The van der Waals surface area contributed by atoms with Gasteiger partial charge in [-0.15, -0.1) is 0 Å². The van der Waals surface area contributed by atoms with Crippen LogP contribution < -0.4 is 0 Å². The Morgan fingerprint density at radius 2 is 1.21 bits per heavy atom. The van der Waals surface area contributed by atoms with Crippen LogP contribution in [-0.2, 0) is 0 Å². The Hall–Kier alpha value is -4.50. The van der Waals surface area contributed by atoms with Gasteiger partial charge in [-0.05, 0) is 47.2 Å². The maximum Gasteiger partial charge on any atom is 0.160 e. The zero-order valence-electron chi connectivity index (χ0n) is 17.7. The number of hydrogen-bond acceptors (Lipinski definition) is 3. The summed E-state index contributed by atoms with van der Waals surface area (Å²) in [5.41, 5.74) is 5.70. The molecule has 7 rings (SSSR count). The number of benzene rings is 5. The third-order valence-corrected chi connectivity index (χ3v) is 6.25. The van der Waals surface area contributed by atoms with Crippen molar-refractivity contribution in [3.63, 3.8) is 0 Å². The van der Waals surface area contributed by atoms with Gasteiger partial charge in [-0.2, -0.15) is 0 Å². The van der Waals surface area contributed by atoms with Gasteiger partial charge in [0.2, 0.25) is 0 Å². The first-order valence-corrected chi connectivity index (χ1v) is 11.0. The summed E-state index contributed by atoms with van der Waals surface area (Å²) in [6, 6.07) is 37.4. The summed E-state index contributed by atoms with van der Waals surface area (Å²) < 4.78 is 6.17. The molecule has 3 nitrogen and oxygen atoms in total. The summed E-state index contributed by atoms with van der Waals surface area (Å²) in [4.78, 5) is 9.93. The quantitative estimate of drug-likeness (QED) is 0.283. The minimum absolute atomic E-state index is 0.713. The molecule has 0 amide bonds. The lowest BCUT2D eigenvalue weighted by molar-refractivity contribution is 0.669. The molecule has 0 bridgehead atoms. The van der Waals surface area contributed by atoms with Gasteiger partial charge in [0, 0.05) is 27.3 Å². The lowest BCUT2D eigenvalue weighted by Gasteiger charge is -2.09. The van der Waals surface area contributed by atoms with Gasteiger partial charge in [0.1, 0.15) is 11.2 Å². The third-order valence-electron chi connectivity index (χ3n) is 6.25. The molecule has 0 N–H and O–H groups in total. The molecular weight excluding hydrogens is 404 g/mol. The van der Waals surface area contributed by atoms with Gasteiger partial charge in [-0.25, -0.2) is 9.97 Å². The van der Waals surface area contributed by atoms with E-state index >= 15 is 0 Å². The highest BCUT2D eigenvalue weighted by atomic mass is 16.3. The van der Waals surface area contributed by atoms with Gasteiger partial charge in [-0.3, -0.25) is 0 Å². The maximum absolute atomic E-state index is 6.17. The summed E-state index contributed by atoms with van der Waals surface area (Å²) in [6.45, 7) is 0. The average Bonchev–Trinajstić information content (AvgIpc) is 3.23. The first kappa shape index (κ1) is 18.1. The van der Waals surface area contributed by atoms with Crippen molar-refractivity contribution in [2.24, 2.45) is 0 Å². The number of para-hydroxylation sites is 1. The number of nitrogens with zero attached hydrogens (tertiary/aromatic N) is 2. The van der Waals surface area contributed by atoms with Gasteiger partial charge in [0.15, 0.2) is 5.82 Å². The molecule has 0 aliphatic rings. The molecule has 0 atom stereocenters. The van der Waals surface area contributed by atoms with Crippen LogP contribution in [0.4, 0.5) is 0 Å². The lowest BCUT2D eigenvalue weighted by atomic mass is 10.0. The van der Waals surface area contributed by atoms with Crippen LogP contribution in [0.3, 0.4) is 0 Å². The molecule has 0 aliphatic heterocycles. The summed E-state index contributed by atoms with van der Waals surface area (Å²) in [6.07, 6.45) is 0. The van der Waals surface area contributed by atoms with Gasteiger partial charge < -0.3 is 4.42 Å². The highest BCUT2D eigenvalue weighted by Gasteiger charge is 2.14. The monoisotopic (exact) mass is 422 g/mol. The largest absolute Gasteiger partial charge is 0.456 e. The van der Waals surface area contributed by atoms with Crippen LogP contribution in [0.2, 0.25) is 0 Å². The number of rotatable bonds is 2. The van der Waals surface area contributed by atoms with Crippen molar-refractivity contribution >= 4 is 43.6 Å². The van der Waals surface area contributed by atoms with Gasteiger partial charge in [0.05, 0.1) is 11.2 Å². The topological polar surface area (TPSA) is 38.9 Å². The Morgan fingerprint density at radius 3 is 2.09 bits per heavy atom. The summed E-state index contributed by atoms with van der Waals surface area (Å²) in [5.74, 6) is 0.713. The van der Waals surface area contributed by atoms with Crippen molar-refractivity contribution in [1.82, 2.24) is 9.97 Å². The van der Waals surface area contributed by atoms with Gasteiger partial charge in [0.25, 0.3) is 0 Å². The standard InChI is InChI=1S/C30H18N2O/c1-2-8-19(9-3-1)29-23-12-6-7-13-26(23)31-30(32-29)22-14-15-27-24(17-22)25-16-20-10-4-5-11-21(20)18-28(25)33-27/h1-18H. The fraction of sp³-hybridized carbons (Fsp3) is 0. The molecule has 2 heterocycles. The van der Waals surface area contributed by atoms with Crippen LogP contribution in [0.25, 0.3) is 66.3 Å². The average molecular weight is 422 g/mol. The van der Waals surface area contributed by atoms with Crippen LogP contribution in [0.15, 0.2) is 114 Å². The minimum Gasteiger partial charge on any atom is -0.456 e. The van der Waals surface area contributed by atoms with Crippen molar-refractivity contribution in [2.75, 3.05) is 0 Å². The van der Waals surface area contributed by atoms with Gasteiger partial charge >= 0.3 is 0 Å². The van der Waals surface area contributed by atoms with Crippen LogP contribution in [-0.4, -0.2) is 9.97 Å². The predicted molar refractivity (Wildman–Crippen MR) is 135 cm³/mol. The second-order valence-corrected chi connectivity index (χ2v) is 8.29. The lowest BCUT2D eigenvalue weighted by Crippen LogP contribution is -1.95. The molecular formula is C30H18N2O. The third kappa shape index (κ3) is 2.90. The molecule has 2 aromatic heterocycles. The molecule has 0 saturated carbocycles. The Balaban J connectivity index is 1.48. The van der Waals surface area contributed by atoms with E-state index in [9.17, 15) is 0 Å². The molecule has 0 unspecified atom stereocenters. The zero-order chi connectivity index (χ0) is 21.8. The van der Waals surface area contributed by atoms with Crippen molar-refractivity contribution in [2.45, 2.75) is 0 Å². The first-order valence-electron chi connectivity index (χ1n) is 11.0. The Morgan fingerprint density at radius 1 is 0.485 bits per heavy atom. The minimum atomic E-state index is 0.713. The fourth-order valence-electron chi connectivity index (χ4n) is 4.62. The first-order chi connectivity index (χ1) is 16.3. The summed E-state index contributed by atoms with van der Waals surface area (Å²) >= 11 is 0. The van der Waals surface area contributed by atoms with Crippen LogP contribution in [0, 0.1) is 0 Å². The molecule has 0 saturated heterocycles. The van der Waals surface area contributed by atoms with Crippen molar-refractivity contribution in [1.29, 1.82) is 0 Å². The normalized spacial score (nSPS) is 11.6. The molecule has 0 spiro atoms. The molecule has 0 radical (unpaired) electrons. The van der Waals surface area contributed by atoms with Crippen molar-refractivity contribution < 1.29 is 4.42 Å². The fourth-order valence-corrected chi connectivity index (χ4v) is 4.62. The summed E-state index contributed by atoms with van der Waals surface area (Å²) in [7, 11) is 0. The molecule has 33 heavy (non-hydrogen) atoms. The Bertz CT molecular complexity index is 1820. The number of fused-ring (bicyclic) bond motifs is 5. The molecule has 5 aromatic carbocycles. The molecule has 0 fully saturated rings. The van der Waals surface area contributed by atoms with E-state index in [0.29, 0.717) is 5.82 Å². The van der Waals surface area contributed by atoms with E-state index in [1.165, 1.54) is 10.8 Å². The zero-order valence-corrected chi connectivity index (χ0v) is 17.7. The van der Waals surface area contributed by atoms with E-state index in [2.05, 4.69) is 60.7 Å². The highest BCUT2D eigenvalue weighted by molar-refractivity contribution is 6.11. The van der Waals surface area contributed by atoms with Crippen LogP contribution in [0.5, 0.6) is 0 Å². The molecule has 154 valence electrons. The van der Waals surface area contributed by atoms with E-state index in [-0.39, 0.29) is 0 Å². The van der Waals surface area contributed by atoms with E-state index in [4.69, 9.17) is 14.4 Å². The maximum atomic E-state index is 6.17. The van der Waals surface area contributed by atoms with Crippen LogP contribution >= 0.6 is 0 Å². The van der Waals surface area contributed by atoms with Crippen molar-refractivity contribution in [3.05, 3.63) is 109 Å². The second-order valence-electron chi connectivity index (χ2n) is 8.29. The molecule has 7 aromatic rings. The van der Waals surface area contributed by atoms with Crippen LogP contribution in [0.1, 0.15) is 0 Å². The summed E-state index contributed by atoms with van der Waals surface area (Å²) in [5, 5.41) is 5.61. The number of hydrogen-bond donors (Lipinski definition) is 0. The Labute approximate surface area is 190 Å². The molecule has 3 heteroatoms. The van der Waals surface area contributed by atoms with Crippen molar-refractivity contribution in [3.8, 4) is 22.6 Å². The van der Waals surface area contributed by atoms with Gasteiger partial charge in [-0.1, -0.05) is 72.8 Å². The smallest absolute Gasteiger partial charge is 0.160 e. The molecule has 0 aliphatic carbocycles.